The van der Waals surface area contributed by atoms with E-state index in [4.69, 9.17) is 5.73 Å². The Morgan fingerprint density at radius 1 is 1.40 bits per heavy atom. The molecule has 1 aliphatic heterocycles. The smallest absolute Gasteiger partial charge is 0.296 e. The number of nitrogens with zero attached hydrogens (tertiary/aromatic N) is 3. The molecule has 2 aromatic rings. The zero-order valence-electron chi connectivity index (χ0n) is 11.5. The van der Waals surface area contributed by atoms with Crippen molar-refractivity contribution >= 4 is 22.4 Å². The summed E-state index contributed by atoms with van der Waals surface area (Å²) < 4.78 is 4.20. The first kappa shape index (κ1) is 14.4. The molecule has 5 nitrogen and oxygen atoms in total. The lowest BCUT2D eigenvalue weighted by Crippen LogP contribution is -3.00. The van der Waals surface area contributed by atoms with Gasteiger partial charge in [0, 0.05) is 0 Å². The summed E-state index contributed by atoms with van der Waals surface area (Å²) in [4.78, 5) is 4.11. The number of halogens is 1. The topological polar surface area (TPSA) is 67.4 Å². The zero-order valence-corrected chi connectivity index (χ0v) is 12.2. The summed E-state index contributed by atoms with van der Waals surface area (Å²) in [5.74, 6) is 1.55. The fourth-order valence-corrected chi connectivity index (χ4v) is 2.72. The van der Waals surface area contributed by atoms with Gasteiger partial charge in [-0.15, -0.1) is 0 Å². The third-order valence-corrected chi connectivity index (χ3v) is 3.59. The van der Waals surface area contributed by atoms with E-state index in [2.05, 4.69) is 33.2 Å². The van der Waals surface area contributed by atoms with Crippen molar-refractivity contribution in [3.8, 4) is 0 Å². The first-order chi connectivity index (χ1) is 9.15. The van der Waals surface area contributed by atoms with Crippen LogP contribution in [0.4, 0.5) is 0 Å². The first-order valence-electron chi connectivity index (χ1n) is 6.35. The van der Waals surface area contributed by atoms with Crippen LogP contribution in [-0.4, -0.2) is 22.1 Å². The number of hydrogen-bond acceptors (Lipinski definition) is 3. The largest absolute Gasteiger partial charge is 1.00 e. The van der Waals surface area contributed by atoms with Crippen molar-refractivity contribution in [2.75, 3.05) is 6.54 Å². The normalized spacial score (nSPS) is 14.6. The molecular weight excluding hydrogens is 276 g/mol. The van der Waals surface area contributed by atoms with Crippen LogP contribution in [0.3, 0.4) is 0 Å². The number of imidazole rings is 1. The molecule has 0 spiro atoms. The molecule has 3 N–H and O–H groups in total. The fourth-order valence-electron chi connectivity index (χ4n) is 2.72. The lowest BCUT2D eigenvalue weighted by Gasteiger charge is -2.02. The quantitative estimate of drug-likeness (QED) is 0.637. The van der Waals surface area contributed by atoms with Gasteiger partial charge in [0.25, 0.3) is 5.82 Å². The number of hydrogen-bond donors (Lipinski definition) is 2. The Morgan fingerprint density at radius 3 is 2.70 bits per heavy atom. The van der Waals surface area contributed by atoms with Crippen LogP contribution < -0.4 is 22.7 Å². The van der Waals surface area contributed by atoms with Crippen molar-refractivity contribution in [3.63, 3.8) is 0 Å². The molecule has 20 heavy (non-hydrogen) atoms. The molecule has 0 radical (unpaired) electrons. The molecule has 0 unspecified atom stereocenters. The summed E-state index contributed by atoms with van der Waals surface area (Å²) in [7, 11) is 1.98. The number of aromatic nitrogens is 2. The SMILES string of the molecule is CCn1c(C2=C(O)CN=C2N)[n+](C)c2ccccc21.[Cl-]. The van der Waals surface area contributed by atoms with E-state index in [1.165, 1.54) is 0 Å². The molecule has 0 aliphatic carbocycles. The molecule has 1 aliphatic rings. The number of nitrogens with two attached hydrogens (primary N) is 1. The standard InChI is InChI=1S/C14H16N4O.ClH/c1-3-18-10-7-5-4-6-9(10)17(2)14(18)12-11(19)8-16-13(12)15;/h4-7H,3,8H2,1-2H3,(H2,15,16);1H. The Morgan fingerprint density at radius 2 is 2.10 bits per heavy atom. The summed E-state index contributed by atoms with van der Waals surface area (Å²) >= 11 is 0. The Labute approximate surface area is 123 Å². The van der Waals surface area contributed by atoms with E-state index in [0.29, 0.717) is 11.4 Å². The third-order valence-electron chi connectivity index (χ3n) is 3.59. The number of aliphatic imine (C=N–C) groups is 1. The average molecular weight is 293 g/mol. The van der Waals surface area contributed by atoms with Crippen LogP contribution in [0.2, 0.25) is 0 Å². The minimum Gasteiger partial charge on any atom is -1.00 e. The lowest BCUT2D eigenvalue weighted by atomic mass is 10.2. The summed E-state index contributed by atoms with van der Waals surface area (Å²) in [5.41, 5.74) is 8.81. The number of benzene rings is 1. The van der Waals surface area contributed by atoms with E-state index >= 15 is 0 Å². The van der Waals surface area contributed by atoms with Crippen LogP contribution in [0, 0.1) is 0 Å². The number of aliphatic hydroxyl groups is 1. The molecule has 6 heteroatoms. The number of aryl methyl sites for hydroxylation is 2. The molecule has 0 fully saturated rings. The molecule has 1 aromatic carbocycles. The lowest BCUT2D eigenvalue weighted by molar-refractivity contribution is -0.648. The van der Waals surface area contributed by atoms with Gasteiger partial charge < -0.3 is 23.2 Å². The van der Waals surface area contributed by atoms with Crippen LogP contribution in [0.5, 0.6) is 0 Å². The van der Waals surface area contributed by atoms with E-state index in [1.807, 2.05) is 19.2 Å². The molecule has 106 valence electrons. The average Bonchev–Trinajstić information content (AvgIpc) is 2.88. The Kier molecular flexibility index (Phi) is 3.72. The van der Waals surface area contributed by atoms with Crippen LogP contribution in [0.15, 0.2) is 35.0 Å². The highest BCUT2D eigenvalue weighted by atomic mass is 35.5. The highest BCUT2D eigenvalue weighted by Gasteiger charge is 2.31. The van der Waals surface area contributed by atoms with Gasteiger partial charge in [-0.1, -0.05) is 12.1 Å². The van der Waals surface area contributed by atoms with Crippen LogP contribution in [-0.2, 0) is 13.6 Å². The third kappa shape index (κ3) is 1.86. The second-order valence-electron chi connectivity index (χ2n) is 4.64. The molecule has 0 saturated carbocycles. The molecule has 1 aromatic heterocycles. The number of aliphatic hydroxyl groups excluding tert-OH is 1. The fraction of sp³-hybridized carbons (Fsp3) is 0.286. The number of fused-ring (bicyclic) bond motifs is 1. The van der Waals surface area contributed by atoms with Crippen molar-refractivity contribution in [1.82, 2.24) is 4.57 Å². The second kappa shape index (κ2) is 5.17. The van der Waals surface area contributed by atoms with E-state index < -0.39 is 0 Å². The van der Waals surface area contributed by atoms with Gasteiger partial charge in [-0.3, -0.25) is 4.99 Å². The summed E-state index contributed by atoms with van der Waals surface area (Å²) in [5, 5.41) is 10.0. The Bertz CT molecular complexity index is 730. The minimum absolute atomic E-state index is 0. The van der Waals surface area contributed by atoms with Crippen molar-refractivity contribution in [2.24, 2.45) is 17.8 Å². The highest BCUT2D eigenvalue weighted by molar-refractivity contribution is 6.23. The molecule has 3 rings (SSSR count). The van der Waals surface area contributed by atoms with Crippen molar-refractivity contribution in [1.29, 1.82) is 0 Å². The molecule has 0 amide bonds. The van der Waals surface area contributed by atoms with Crippen molar-refractivity contribution in [2.45, 2.75) is 13.5 Å². The number of para-hydroxylation sites is 2. The predicted octanol–water partition coefficient (Wildman–Crippen LogP) is -1.87. The predicted molar refractivity (Wildman–Crippen MR) is 74.8 cm³/mol. The van der Waals surface area contributed by atoms with Gasteiger partial charge in [0.1, 0.15) is 17.2 Å². The number of amidine groups is 1. The monoisotopic (exact) mass is 292 g/mol. The summed E-state index contributed by atoms with van der Waals surface area (Å²) in [6, 6.07) is 8.15. The molecule has 0 bridgehead atoms. The zero-order chi connectivity index (χ0) is 13.6. The van der Waals surface area contributed by atoms with E-state index in [1.54, 1.807) is 0 Å². The van der Waals surface area contributed by atoms with E-state index in [-0.39, 0.29) is 24.7 Å². The Balaban J connectivity index is 0.00000147. The van der Waals surface area contributed by atoms with Crippen molar-refractivity contribution < 1.29 is 22.1 Å². The number of rotatable bonds is 2. The van der Waals surface area contributed by atoms with Gasteiger partial charge >= 0.3 is 0 Å². The van der Waals surface area contributed by atoms with E-state index in [9.17, 15) is 5.11 Å². The molecule has 2 heterocycles. The second-order valence-corrected chi connectivity index (χ2v) is 4.64. The molecular formula is C14H17ClN4O. The maximum absolute atomic E-state index is 10.0. The maximum atomic E-state index is 10.0. The first-order valence-corrected chi connectivity index (χ1v) is 6.35. The van der Waals surface area contributed by atoms with Gasteiger partial charge in [0.2, 0.25) is 0 Å². The van der Waals surface area contributed by atoms with Gasteiger partial charge in [0.15, 0.2) is 11.0 Å². The molecule has 0 atom stereocenters. The summed E-state index contributed by atoms with van der Waals surface area (Å²) in [6.45, 7) is 3.16. The van der Waals surface area contributed by atoms with Gasteiger partial charge in [0.05, 0.1) is 20.1 Å². The molecule has 0 saturated heterocycles. The van der Waals surface area contributed by atoms with Crippen LogP contribution >= 0.6 is 0 Å². The maximum Gasteiger partial charge on any atom is 0.296 e. The van der Waals surface area contributed by atoms with E-state index in [0.717, 1.165) is 23.4 Å². The van der Waals surface area contributed by atoms with Crippen molar-refractivity contribution in [3.05, 3.63) is 35.8 Å². The highest BCUT2D eigenvalue weighted by Crippen LogP contribution is 2.24. The Hall–Kier alpha value is -2.01. The minimum atomic E-state index is 0. The van der Waals surface area contributed by atoms with Crippen LogP contribution in [0.1, 0.15) is 12.7 Å². The summed E-state index contributed by atoms with van der Waals surface area (Å²) in [6.07, 6.45) is 0. The van der Waals surface area contributed by atoms with Crippen LogP contribution in [0.25, 0.3) is 16.6 Å². The van der Waals surface area contributed by atoms with Gasteiger partial charge in [-0.25, -0.2) is 9.13 Å². The van der Waals surface area contributed by atoms with Gasteiger partial charge in [-0.05, 0) is 19.1 Å². The van der Waals surface area contributed by atoms with Gasteiger partial charge in [-0.2, -0.15) is 0 Å².